The lowest BCUT2D eigenvalue weighted by Crippen LogP contribution is -2.66. The average molecular weight is 633 g/mol. The molecule has 0 aromatic carbocycles. The number of hydrogen-bond acceptors (Lipinski definition) is 8. The van der Waals surface area contributed by atoms with E-state index in [0.29, 0.717) is 26.4 Å². The smallest absolute Gasteiger partial charge is 0.347 e. The van der Waals surface area contributed by atoms with Crippen molar-refractivity contribution in [2.45, 2.75) is 105 Å². The van der Waals surface area contributed by atoms with Gasteiger partial charge in [0.25, 0.3) is 0 Å². The minimum Gasteiger partial charge on any atom is -0.502 e. The summed E-state index contributed by atoms with van der Waals surface area (Å²) in [6, 6.07) is 0. The molecule has 0 atom stereocenters. The van der Waals surface area contributed by atoms with Gasteiger partial charge >= 0.3 is 34.2 Å². The van der Waals surface area contributed by atoms with Crippen LogP contribution in [0, 0.1) is 0 Å². The highest BCUT2D eigenvalue weighted by molar-refractivity contribution is 6.98. The first-order chi connectivity index (χ1) is 19.1. The van der Waals surface area contributed by atoms with Gasteiger partial charge in [-0.2, -0.15) is 0 Å². The van der Waals surface area contributed by atoms with Crippen LogP contribution in [0.4, 0.5) is 0 Å². The molecule has 1 fully saturated rings. The zero-order valence-electron chi connectivity index (χ0n) is 26.4. The van der Waals surface area contributed by atoms with Crippen molar-refractivity contribution in [2.75, 3.05) is 26.4 Å². The third kappa shape index (κ3) is 15.8. The highest BCUT2D eigenvalue weighted by Gasteiger charge is 2.55. The highest BCUT2D eigenvalue weighted by Crippen LogP contribution is 2.33. The Labute approximate surface area is 248 Å². The van der Waals surface area contributed by atoms with Crippen LogP contribution in [-0.2, 0) is 35.4 Å². The maximum absolute atomic E-state index is 6.90. The molecule has 1 aliphatic heterocycles. The quantitative estimate of drug-likeness (QED) is 0.0764. The fourth-order valence-corrected chi connectivity index (χ4v) is 22.4. The molecule has 40 heavy (non-hydrogen) atoms. The third-order valence-electron chi connectivity index (χ3n) is 5.95. The second-order valence-electron chi connectivity index (χ2n) is 10.6. The van der Waals surface area contributed by atoms with Crippen LogP contribution in [0.25, 0.3) is 0 Å². The lowest BCUT2D eigenvalue weighted by molar-refractivity contribution is 0.227. The molecular formula is C28H56O8Si4. The van der Waals surface area contributed by atoms with Crippen LogP contribution in [0.1, 0.15) is 79.1 Å². The molecule has 0 amide bonds. The molecule has 1 aliphatic rings. The summed E-state index contributed by atoms with van der Waals surface area (Å²) >= 11 is 0. The third-order valence-corrected chi connectivity index (χ3v) is 21.9. The Bertz CT molecular complexity index is 654. The van der Waals surface area contributed by atoms with E-state index in [-0.39, 0.29) is 0 Å². The molecular weight excluding hydrogens is 577 g/mol. The van der Waals surface area contributed by atoms with E-state index < -0.39 is 34.2 Å². The maximum atomic E-state index is 6.90. The van der Waals surface area contributed by atoms with Crippen LogP contribution in [0.5, 0.6) is 0 Å². The van der Waals surface area contributed by atoms with Crippen molar-refractivity contribution in [3.8, 4) is 0 Å². The summed E-state index contributed by atoms with van der Waals surface area (Å²) in [7, 11) is -12.0. The van der Waals surface area contributed by atoms with E-state index in [1.807, 2.05) is 49.0 Å². The van der Waals surface area contributed by atoms with Gasteiger partial charge < -0.3 is 35.4 Å². The van der Waals surface area contributed by atoms with E-state index in [2.05, 4.69) is 27.7 Å². The van der Waals surface area contributed by atoms with E-state index in [9.17, 15) is 0 Å². The maximum Gasteiger partial charge on any atom is 0.347 e. The van der Waals surface area contributed by atoms with Gasteiger partial charge in [-0.05, 0) is 74.7 Å². The van der Waals surface area contributed by atoms with Crippen molar-refractivity contribution in [1.29, 1.82) is 0 Å². The zero-order valence-corrected chi connectivity index (χ0v) is 30.4. The number of unbranched alkanes of at least 4 members (excludes halogenated alkanes) is 4. The summed E-state index contributed by atoms with van der Waals surface area (Å²) in [5.74, 6) is 0. The molecule has 0 bridgehead atoms. The van der Waals surface area contributed by atoms with Crippen molar-refractivity contribution in [3.05, 3.63) is 47.8 Å². The number of ether oxygens (including phenoxy) is 4. The summed E-state index contributed by atoms with van der Waals surface area (Å²) in [5, 5.41) is 0. The molecule has 232 valence electrons. The fourth-order valence-electron chi connectivity index (χ4n) is 3.83. The molecule has 1 heterocycles. The monoisotopic (exact) mass is 632 g/mol. The van der Waals surface area contributed by atoms with Gasteiger partial charge in [0.1, 0.15) is 0 Å². The molecule has 0 aromatic heterocycles. The van der Waals surface area contributed by atoms with E-state index in [1.54, 1.807) is 25.0 Å². The molecule has 0 radical (unpaired) electrons. The van der Waals surface area contributed by atoms with Crippen molar-refractivity contribution in [2.24, 2.45) is 0 Å². The van der Waals surface area contributed by atoms with Crippen LogP contribution in [0.2, 0.25) is 26.2 Å². The van der Waals surface area contributed by atoms with Crippen LogP contribution in [0.3, 0.4) is 0 Å². The summed E-state index contributed by atoms with van der Waals surface area (Å²) in [6.45, 7) is 19.2. The summed E-state index contributed by atoms with van der Waals surface area (Å²) < 4.78 is 50.7. The molecule has 0 saturated carbocycles. The average Bonchev–Trinajstić information content (AvgIpc) is 2.87. The molecule has 0 aliphatic carbocycles. The van der Waals surface area contributed by atoms with Crippen molar-refractivity contribution in [1.82, 2.24) is 0 Å². The Morgan fingerprint density at radius 3 is 0.775 bits per heavy atom. The molecule has 12 heteroatoms. The van der Waals surface area contributed by atoms with Crippen molar-refractivity contribution >= 4 is 34.2 Å². The van der Waals surface area contributed by atoms with Gasteiger partial charge in [0.15, 0.2) is 0 Å². The fraction of sp³-hybridized carbons (Fsp3) is 0.714. The second-order valence-corrected chi connectivity index (χ2v) is 23.3. The topological polar surface area (TPSA) is 73.8 Å². The van der Waals surface area contributed by atoms with Crippen LogP contribution in [0.15, 0.2) is 47.8 Å². The first-order valence-corrected chi connectivity index (χ1v) is 24.6. The largest absolute Gasteiger partial charge is 0.502 e. The predicted molar refractivity (Wildman–Crippen MR) is 171 cm³/mol. The molecule has 1 saturated heterocycles. The van der Waals surface area contributed by atoms with E-state index in [0.717, 1.165) is 51.4 Å². The minimum atomic E-state index is -2.99. The second kappa shape index (κ2) is 19.9. The van der Waals surface area contributed by atoms with Gasteiger partial charge in [-0.1, -0.05) is 53.4 Å². The van der Waals surface area contributed by atoms with Gasteiger partial charge in [-0.3, -0.25) is 0 Å². The van der Waals surface area contributed by atoms with E-state index in [1.165, 1.54) is 0 Å². The molecule has 1 rings (SSSR count). The molecule has 8 nitrogen and oxygen atoms in total. The molecule has 0 spiro atoms. The van der Waals surface area contributed by atoms with Gasteiger partial charge in [0.2, 0.25) is 0 Å². The van der Waals surface area contributed by atoms with Crippen molar-refractivity contribution < 1.29 is 35.4 Å². The van der Waals surface area contributed by atoms with Crippen LogP contribution >= 0.6 is 0 Å². The van der Waals surface area contributed by atoms with Gasteiger partial charge in [0, 0.05) is 0 Å². The summed E-state index contributed by atoms with van der Waals surface area (Å²) in [6.07, 6.45) is 15.1. The Kier molecular flexibility index (Phi) is 18.3. The van der Waals surface area contributed by atoms with Gasteiger partial charge in [-0.25, -0.2) is 0 Å². The van der Waals surface area contributed by atoms with Gasteiger partial charge in [-0.15, -0.1) is 0 Å². The SMILES string of the molecule is CCCCO/C=C/[Si]1(C)O[Si](C)(/C=C/OCCCC)O[Si](C)(/C=C/OCCCC)O[Si](C)(/C=C/OCCCC)O1. The predicted octanol–water partition coefficient (Wildman–Crippen LogP) is 7.83. The Hall–Kier alpha value is -1.13. The van der Waals surface area contributed by atoms with Gasteiger partial charge in [0.05, 0.1) is 51.5 Å². The number of rotatable bonds is 20. The first kappa shape index (κ1) is 36.9. The minimum absolute atomic E-state index is 0.651. The van der Waals surface area contributed by atoms with Crippen molar-refractivity contribution in [3.63, 3.8) is 0 Å². The summed E-state index contributed by atoms with van der Waals surface area (Å²) in [5.41, 5.74) is 7.77. The highest BCUT2D eigenvalue weighted by atomic mass is 28.5. The zero-order chi connectivity index (χ0) is 29.8. The Balaban J connectivity index is 3.39. The first-order valence-electron chi connectivity index (χ1n) is 15.0. The standard InChI is InChI=1S/C28H56O8Si4/c1-9-13-17-29-21-25-37(5)33-38(6,26-22-30-18-14-10-2)35-40(8,28-24-32-20-16-12-4)36-39(7,34-37)27-23-31-19-15-11-3/h21-28H,9-20H2,1-8H3/b25-21+,26-22+,27-23+,28-24+. The Morgan fingerprint density at radius 2 is 0.600 bits per heavy atom. The van der Waals surface area contributed by atoms with E-state index >= 15 is 0 Å². The molecule has 0 unspecified atom stereocenters. The normalized spacial score (nSPS) is 29.8. The number of hydrogen-bond donors (Lipinski definition) is 0. The lowest BCUT2D eigenvalue weighted by atomic mass is 10.4. The summed E-state index contributed by atoms with van der Waals surface area (Å²) in [4.78, 5) is 0. The molecule has 0 aromatic rings. The lowest BCUT2D eigenvalue weighted by Gasteiger charge is -2.46. The van der Waals surface area contributed by atoms with Crippen LogP contribution < -0.4 is 0 Å². The molecule has 0 N–H and O–H groups in total. The van der Waals surface area contributed by atoms with E-state index in [4.69, 9.17) is 35.4 Å². The Morgan fingerprint density at radius 1 is 0.400 bits per heavy atom. The van der Waals surface area contributed by atoms with Crippen LogP contribution in [-0.4, -0.2) is 60.7 Å².